The molecule has 7 rings (SSSR count). The van der Waals surface area contributed by atoms with Gasteiger partial charge in [-0.2, -0.15) is 0 Å². The van der Waals surface area contributed by atoms with Crippen LogP contribution >= 0.6 is 11.6 Å². The second-order valence-corrected chi connectivity index (χ2v) is 15.8. The van der Waals surface area contributed by atoms with Gasteiger partial charge in [-0.3, -0.25) is 14.4 Å². The number of aryl methyl sites for hydroxylation is 1. The van der Waals surface area contributed by atoms with Gasteiger partial charge in [-0.25, -0.2) is 17.8 Å². The Morgan fingerprint density at radius 3 is 2.40 bits per heavy atom. The van der Waals surface area contributed by atoms with E-state index in [1.807, 2.05) is 12.1 Å². The van der Waals surface area contributed by atoms with Gasteiger partial charge in [-0.15, -0.1) is 0 Å². The predicted molar refractivity (Wildman–Crippen MR) is 184 cm³/mol. The summed E-state index contributed by atoms with van der Waals surface area (Å²) in [5.41, 5.74) is 3.44. The molecule has 1 aromatic heterocycles. The van der Waals surface area contributed by atoms with Crippen molar-refractivity contribution in [1.29, 1.82) is 0 Å². The van der Waals surface area contributed by atoms with Crippen molar-refractivity contribution >= 4 is 44.3 Å². The van der Waals surface area contributed by atoms with E-state index >= 15 is 0 Å². The van der Waals surface area contributed by atoms with Crippen LogP contribution < -0.4 is 4.72 Å². The summed E-state index contributed by atoms with van der Waals surface area (Å²) in [6.07, 6.45) is 7.91. The van der Waals surface area contributed by atoms with Crippen LogP contribution in [-0.4, -0.2) is 71.6 Å². The van der Waals surface area contributed by atoms with Crippen molar-refractivity contribution in [3.8, 4) is 0 Å². The molecular formula is C36H41ClFN5O3S. The number of carbonyl (C=O) groups excluding carboxylic acids is 1. The Morgan fingerprint density at radius 1 is 1.00 bits per heavy atom. The van der Waals surface area contributed by atoms with Gasteiger partial charge in [0, 0.05) is 31.2 Å². The highest BCUT2D eigenvalue weighted by molar-refractivity contribution is 7.92. The van der Waals surface area contributed by atoms with Crippen LogP contribution in [-0.2, 0) is 15.4 Å². The molecule has 8 nitrogen and oxygen atoms in total. The van der Waals surface area contributed by atoms with E-state index in [4.69, 9.17) is 16.6 Å². The van der Waals surface area contributed by atoms with E-state index in [1.165, 1.54) is 24.4 Å². The molecule has 1 amide bonds. The number of amides is 1. The number of imidazole rings is 1. The van der Waals surface area contributed by atoms with Crippen LogP contribution in [0.4, 0.5) is 10.1 Å². The van der Waals surface area contributed by atoms with Crippen LogP contribution in [0.5, 0.6) is 0 Å². The van der Waals surface area contributed by atoms with Gasteiger partial charge in [-0.05, 0) is 106 Å². The zero-order valence-corrected chi connectivity index (χ0v) is 28.4. The molecule has 4 heterocycles. The number of likely N-dealkylation sites (tertiary alicyclic amines) is 1. The average Bonchev–Trinajstić information content (AvgIpc) is 3.50. The van der Waals surface area contributed by atoms with Crippen molar-refractivity contribution in [3.05, 3.63) is 94.5 Å². The Balaban J connectivity index is 1.07. The maximum absolute atomic E-state index is 14.6. The van der Waals surface area contributed by atoms with E-state index in [2.05, 4.69) is 39.3 Å². The molecule has 3 fully saturated rings. The summed E-state index contributed by atoms with van der Waals surface area (Å²) in [6, 6.07) is 21.6. The minimum absolute atomic E-state index is 0.0858. The Kier molecular flexibility index (Phi) is 8.55. The number of anilines is 1. The van der Waals surface area contributed by atoms with Gasteiger partial charge < -0.3 is 9.47 Å². The lowest BCUT2D eigenvalue weighted by molar-refractivity contribution is 0.0606. The maximum atomic E-state index is 14.6. The minimum atomic E-state index is -3.56. The van der Waals surface area contributed by atoms with E-state index in [1.54, 1.807) is 35.2 Å². The fourth-order valence-electron chi connectivity index (χ4n) is 8.58. The monoisotopic (exact) mass is 677 g/mol. The number of benzene rings is 3. The molecule has 2 bridgehead atoms. The van der Waals surface area contributed by atoms with Gasteiger partial charge in [0.15, 0.2) is 0 Å². The van der Waals surface area contributed by atoms with Crippen LogP contribution in [0.3, 0.4) is 0 Å². The number of piperidine rings is 2. The van der Waals surface area contributed by atoms with E-state index in [0.29, 0.717) is 44.1 Å². The van der Waals surface area contributed by atoms with Crippen molar-refractivity contribution in [3.63, 3.8) is 0 Å². The van der Waals surface area contributed by atoms with Crippen LogP contribution in [0.1, 0.15) is 72.7 Å². The van der Waals surface area contributed by atoms with E-state index in [0.717, 1.165) is 49.0 Å². The molecule has 3 aromatic carbocycles. The summed E-state index contributed by atoms with van der Waals surface area (Å²) in [5, 5.41) is 0.0858. The highest BCUT2D eigenvalue weighted by Crippen LogP contribution is 2.45. The number of carbonyl (C=O) groups is 1. The number of fused-ring (bicyclic) bond motifs is 3. The molecule has 2 unspecified atom stereocenters. The van der Waals surface area contributed by atoms with Crippen molar-refractivity contribution in [2.75, 3.05) is 30.6 Å². The lowest BCUT2D eigenvalue weighted by atomic mass is 9.70. The summed E-state index contributed by atoms with van der Waals surface area (Å²) in [7, 11) is -3.56. The first-order valence-corrected chi connectivity index (χ1v) is 18.8. The summed E-state index contributed by atoms with van der Waals surface area (Å²) >= 11 is 6.52. The smallest absolute Gasteiger partial charge is 0.255 e. The number of rotatable bonds is 8. The number of aromatic nitrogens is 2. The van der Waals surface area contributed by atoms with Crippen LogP contribution in [0.15, 0.2) is 66.7 Å². The van der Waals surface area contributed by atoms with E-state index < -0.39 is 10.0 Å². The molecule has 2 atom stereocenters. The molecule has 0 radical (unpaired) electrons. The molecule has 0 spiro atoms. The molecule has 0 aliphatic carbocycles. The molecule has 1 N–H and O–H groups in total. The Hall–Kier alpha value is -3.47. The fraction of sp³-hybridized carbons (Fsp3) is 0.444. The maximum Gasteiger partial charge on any atom is 0.255 e. The lowest BCUT2D eigenvalue weighted by Crippen LogP contribution is -2.49. The minimum Gasteiger partial charge on any atom is -0.339 e. The van der Waals surface area contributed by atoms with E-state index in [9.17, 15) is 17.6 Å². The third-order valence-electron chi connectivity index (χ3n) is 10.8. The van der Waals surface area contributed by atoms with Gasteiger partial charge >= 0.3 is 0 Å². The fourth-order valence-corrected chi connectivity index (χ4v) is 9.46. The summed E-state index contributed by atoms with van der Waals surface area (Å²) < 4.78 is 43.1. The number of sulfonamides is 1. The van der Waals surface area contributed by atoms with Gasteiger partial charge in [0.25, 0.3) is 5.91 Å². The second-order valence-electron chi connectivity index (χ2n) is 13.6. The molecule has 3 aliphatic rings. The molecule has 0 saturated carbocycles. The average molecular weight is 678 g/mol. The largest absolute Gasteiger partial charge is 0.339 e. The normalized spacial score (nSPS) is 22.9. The zero-order valence-electron chi connectivity index (χ0n) is 26.8. The molecule has 47 heavy (non-hydrogen) atoms. The molecule has 248 valence electrons. The van der Waals surface area contributed by atoms with Crippen molar-refractivity contribution < 1.29 is 17.6 Å². The van der Waals surface area contributed by atoms with E-state index in [-0.39, 0.29) is 33.4 Å². The van der Waals surface area contributed by atoms with Crippen LogP contribution in [0.2, 0.25) is 5.02 Å². The highest BCUT2D eigenvalue weighted by atomic mass is 35.5. The van der Waals surface area contributed by atoms with Gasteiger partial charge in [-0.1, -0.05) is 41.9 Å². The number of hydrogen-bond acceptors (Lipinski definition) is 5. The van der Waals surface area contributed by atoms with Crippen molar-refractivity contribution in [2.45, 2.75) is 75.4 Å². The first-order valence-electron chi connectivity index (χ1n) is 16.5. The summed E-state index contributed by atoms with van der Waals surface area (Å²) in [5.74, 6) is 0.601. The number of halogens is 2. The number of nitrogens with zero attached hydrogens (tertiary/aromatic N) is 4. The van der Waals surface area contributed by atoms with Gasteiger partial charge in [0.05, 0.1) is 33.6 Å². The topological polar surface area (TPSA) is 87.5 Å². The number of nitrogens with one attached hydrogen (secondary N) is 1. The summed E-state index contributed by atoms with van der Waals surface area (Å²) in [4.78, 5) is 23.0. The Morgan fingerprint density at radius 2 is 1.70 bits per heavy atom. The van der Waals surface area contributed by atoms with Crippen molar-refractivity contribution in [1.82, 2.24) is 19.4 Å². The standard InChI is InChI=1S/C36H41ClFN5O3S/c1-24-39-31-10-3-4-12-33(31)43(24)29-22-27-13-14-28(23-29)42(27)20-17-36(25-7-5-8-26(38)21-25)15-18-41(19-16-36)35(44)30-9-6-11-32(34(30)37)40-47(2,45)46/h3-12,21,27-29,40H,13-20,22-23H2,1-2H3. The molecule has 4 aromatic rings. The van der Waals surface area contributed by atoms with Crippen LogP contribution in [0.25, 0.3) is 11.0 Å². The quantitative estimate of drug-likeness (QED) is 0.218. The summed E-state index contributed by atoms with van der Waals surface area (Å²) in [6.45, 7) is 4.04. The van der Waals surface area contributed by atoms with Crippen molar-refractivity contribution in [2.24, 2.45) is 0 Å². The van der Waals surface area contributed by atoms with Crippen LogP contribution in [0, 0.1) is 12.7 Å². The Labute approximate surface area is 281 Å². The molecule has 3 saturated heterocycles. The Bertz CT molecular complexity index is 1910. The first kappa shape index (κ1) is 32.1. The number of para-hydroxylation sites is 2. The number of hydrogen-bond donors (Lipinski definition) is 1. The third-order valence-corrected chi connectivity index (χ3v) is 11.8. The SMILES string of the molecule is Cc1nc2ccccc2n1C1CC2CCC(C1)N2CCC1(c2cccc(F)c2)CCN(C(=O)c2cccc(NS(C)(=O)=O)c2Cl)CC1. The lowest BCUT2D eigenvalue weighted by Gasteiger charge is -2.45. The van der Waals surface area contributed by atoms with Gasteiger partial charge in [0.1, 0.15) is 11.6 Å². The van der Waals surface area contributed by atoms with Gasteiger partial charge in [0.2, 0.25) is 10.0 Å². The second kappa shape index (κ2) is 12.5. The molecule has 11 heteroatoms. The highest BCUT2D eigenvalue weighted by Gasteiger charge is 2.44. The first-order chi connectivity index (χ1) is 22.5. The predicted octanol–water partition coefficient (Wildman–Crippen LogP) is 6.94. The molecular weight excluding hydrogens is 637 g/mol. The third kappa shape index (κ3) is 6.27. The zero-order chi connectivity index (χ0) is 32.9. The molecule has 3 aliphatic heterocycles.